The first-order valence-electron chi connectivity index (χ1n) is 6.64. The Bertz CT molecular complexity index is 813. The topological polar surface area (TPSA) is 121 Å². The smallest absolute Gasteiger partial charge is 0.286 e. The van der Waals surface area contributed by atoms with Crippen molar-refractivity contribution in [1.29, 1.82) is 0 Å². The number of aliphatic imine (C=N–C) groups is 1. The molecule has 0 aromatic heterocycles. The second-order valence-corrected chi connectivity index (χ2v) is 8.57. The largest absolute Gasteiger partial charge is 0.294 e. The summed E-state index contributed by atoms with van der Waals surface area (Å²) in [6, 6.07) is 4.20. The molecule has 0 radical (unpaired) electrons. The molecule has 1 aromatic carbocycles. The molecule has 1 aliphatic heterocycles. The SMILES string of the molecule is CC1(CCCCS(=O)(=O)O)C=Nc2ccc(S(=O)(=O)O)cc21. The molecular weight excluding hydrogens is 330 g/mol. The minimum absolute atomic E-state index is 0.194. The predicted molar refractivity (Wildman–Crippen MR) is 82.0 cm³/mol. The minimum Gasteiger partial charge on any atom is -0.286 e. The first-order chi connectivity index (χ1) is 10.0. The summed E-state index contributed by atoms with van der Waals surface area (Å²) >= 11 is 0. The van der Waals surface area contributed by atoms with Crippen LogP contribution in [0.3, 0.4) is 0 Å². The fraction of sp³-hybridized carbons (Fsp3) is 0.462. The normalized spacial score (nSPS) is 21.0. The van der Waals surface area contributed by atoms with E-state index in [0.717, 1.165) is 0 Å². The van der Waals surface area contributed by atoms with E-state index in [4.69, 9.17) is 9.11 Å². The molecule has 1 heterocycles. The van der Waals surface area contributed by atoms with Gasteiger partial charge in [-0.3, -0.25) is 14.1 Å². The Kier molecular flexibility index (Phi) is 4.44. The van der Waals surface area contributed by atoms with Crippen LogP contribution in [0, 0.1) is 0 Å². The van der Waals surface area contributed by atoms with Gasteiger partial charge in [0.05, 0.1) is 16.3 Å². The molecule has 0 bridgehead atoms. The lowest BCUT2D eigenvalue weighted by Gasteiger charge is -2.22. The fourth-order valence-electron chi connectivity index (χ4n) is 2.50. The average molecular weight is 347 g/mol. The highest BCUT2D eigenvalue weighted by atomic mass is 32.2. The molecule has 0 saturated heterocycles. The van der Waals surface area contributed by atoms with E-state index in [1.807, 2.05) is 6.92 Å². The Hall–Kier alpha value is -1.29. The van der Waals surface area contributed by atoms with Crippen LogP contribution < -0.4 is 0 Å². The number of benzene rings is 1. The maximum Gasteiger partial charge on any atom is 0.294 e. The van der Waals surface area contributed by atoms with Crippen LogP contribution in [0.1, 0.15) is 31.7 Å². The number of hydrogen-bond donors (Lipinski definition) is 2. The summed E-state index contributed by atoms with van der Waals surface area (Å²) in [5.74, 6) is -0.307. The Morgan fingerprint density at radius 2 is 1.82 bits per heavy atom. The molecule has 0 aliphatic carbocycles. The lowest BCUT2D eigenvalue weighted by Crippen LogP contribution is -2.21. The average Bonchev–Trinajstić information content (AvgIpc) is 2.71. The molecule has 9 heteroatoms. The third kappa shape index (κ3) is 3.92. The van der Waals surface area contributed by atoms with Gasteiger partial charge in [-0.2, -0.15) is 16.8 Å². The predicted octanol–water partition coefficient (Wildman–Crippen LogP) is 1.97. The van der Waals surface area contributed by atoms with E-state index in [1.54, 1.807) is 6.21 Å². The second-order valence-electron chi connectivity index (χ2n) is 5.57. The zero-order valence-corrected chi connectivity index (χ0v) is 13.6. The Labute approximate surface area is 129 Å². The third-order valence-corrected chi connectivity index (χ3v) is 5.37. The zero-order valence-electron chi connectivity index (χ0n) is 11.9. The van der Waals surface area contributed by atoms with Crippen molar-refractivity contribution in [3.05, 3.63) is 23.8 Å². The fourth-order valence-corrected chi connectivity index (χ4v) is 3.58. The first kappa shape index (κ1) is 17.1. The van der Waals surface area contributed by atoms with Gasteiger partial charge in [0.1, 0.15) is 0 Å². The molecule has 0 amide bonds. The molecule has 22 heavy (non-hydrogen) atoms. The molecule has 2 rings (SSSR count). The van der Waals surface area contributed by atoms with E-state index in [2.05, 4.69) is 4.99 Å². The molecule has 122 valence electrons. The zero-order chi connectivity index (χ0) is 16.6. The van der Waals surface area contributed by atoms with Crippen molar-refractivity contribution >= 4 is 32.1 Å². The van der Waals surface area contributed by atoms with Crippen molar-refractivity contribution in [3.8, 4) is 0 Å². The van der Waals surface area contributed by atoms with E-state index < -0.39 is 25.7 Å². The summed E-state index contributed by atoms with van der Waals surface area (Å²) < 4.78 is 61.7. The second kappa shape index (κ2) is 5.73. The van der Waals surface area contributed by atoms with Crippen molar-refractivity contribution in [2.75, 3.05) is 5.75 Å². The maximum atomic E-state index is 11.2. The Balaban J connectivity index is 2.17. The summed E-state index contributed by atoms with van der Waals surface area (Å²) in [6.07, 6.45) is 3.07. The lowest BCUT2D eigenvalue weighted by molar-refractivity contribution is 0.474. The molecule has 1 unspecified atom stereocenters. The molecular formula is C13H17NO6S2. The molecule has 0 saturated carbocycles. The van der Waals surface area contributed by atoms with E-state index in [1.165, 1.54) is 18.2 Å². The van der Waals surface area contributed by atoms with Crippen molar-refractivity contribution in [2.24, 2.45) is 4.99 Å². The monoisotopic (exact) mass is 347 g/mol. The summed E-state index contributed by atoms with van der Waals surface area (Å²) in [4.78, 5) is 4.04. The van der Waals surface area contributed by atoms with E-state index >= 15 is 0 Å². The maximum absolute atomic E-state index is 11.2. The first-order valence-corrected chi connectivity index (χ1v) is 9.69. The summed E-state index contributed by atoms with van der Waals surface area (Å²) in [5, 5.41) is 0. The Morgan fingerprint density at radius 3 is 2.41 bits per heavy atom. The number of hydrogen-bond acceptors (Lipinski definition) is 5. The van der Waals surface area contributed by atoms with Crippen molar-refractivity contribution in [3.63, 3.8) is 0 Å². The van der Waals surface area contributed by atoms with Gasteiger partial charge in [0.15, 0.2) is 0 Å². The third-order valence-electron chi connectivity index (χ3n) is 3.72. The van der Waals surface area contributed by atoms with Crippen LogP contribution in [0.15, 0.2) is 28.1 Å². The van der Waals surface area contributed by atoms with E-state index in [-0.39, 0.29) is 10.6 Å². The quantitative estimate of drug-likeness (QED) is 0.599. The van der Waals surface area contributed by atoms with Crippen LogP contribution in [0.4, 0.5) is 5.69 Å². The minimum atomic E-state index is -4.29. The van der Waals surface area contributed by atoms with Gasteiger partial charge < -0.3 is 0 Å². The van der Waals surface area contributed by atoms with Gasteiger partial charge in [-0.25, -0.2) is 0 Å². The molecule has 0 fully saturated rings. The summed E-state index contributed by atoms with van der Waals surface area (Å²) in [5.41, 5.74) is 0.772. The molecule has 1 atom stereocenters. The van der Waals surface area contributed by atoms with Gasteiger partial charge in [0.2, 0.25) is 0 Å². The summed E-state index contributed by atoms with van der Waals surface area (Å²) in [7, 11) is -8.26. The molecule has 2 N–H and O–H groups in total. The highest BCUT2D eigenvalue weighted by Crippen LogP contribution is 2.41. The van der Waals surface area contributed by atoms with E-state index in [9.17, 15) is 16.8 Å². The van der Waals surface area contributed by atoms with E-state index in [0.29, 0.717) is 30.5 Å². The van der Waals surface area contributed by atoms with Gasteiger partial charge in [-0.1, -0.05) is 13.3 Å². The molecule has 7 nitrogen and oxygen atoms in total. The van der Waals surface area contributed by atoms with Crippen molar-refractivity contribution in [2.45, 2.75) is 36.5 Å². The highest BCUT2D eigenvalue weighted by molar-refractivity contribution is 7.86. The van der Waals surface area contributed by atoms with Crippen LogP contribution in [0.5, 0.6) is 0 Å². The molecule has 1 aliphatic rings. The lowest BCUT2D eigenvalue weighted by atomic mass is 9.80. The van der Waals surface area contributed by atoms with Crippen LogP contribution in [-0.4, -0.2) is 37.9 Å². The number of unbranched alkanes of at least 4 members (excludes halogenated alkanes) is 1. The number of fused-ring (bicyclic) bond motifs is 1. The standard InChI is InChI=1S/C13H17NO6S2/c1-13(6-2-3-7-21(15,16)17)9-14-12-5-4-10(8-11(12)13)22(18,19)20/h4-5,8-9H,2-3,6-7H2,1H3,(H,15,16,17)(H,18,19,20). The van der Waals surface area contributed by atoms with Crippen LogP contribution in [-0.2, 0) is 25.7 Å². The van der Waals surface area contributed by atoms with Crippen molar-refractivity contribution in [1.82, 2.24) is 0 Å². The van der Waals surface area contributed by atoms with Gasteiger partial charge in [0.25, 0.3) is 20.2 Å². The Morgan fingerprint density at radius 1 is 1.14 bits per heavy atom. The van der Waals surface area contributed by atoms with Gasteiger partial charge in [-0.05, 0) is 36.6 Å². The van der Waals surface area contributed by atoms with Gasteiger partial charge >= 0.3 is 0 Å². The van der Waals surface area contributed by atoms with Gasteiger partial charge in [0, 0.05) is 11.6 Å². The van der Waals surface area contributed by atoms with Crippen LogP contribution >= 0.6 is 0 Å². The number of nitrogens with zero attached hydrogens (tertiary/aromatic N) is 1. The van der Waals surface area contributed by atoms with Crippen molar-refractivity contribution < 1.29 is 25.9 Å². The highest BCUT2D eigenvalue weighted by Gasteiger charge is 2.32. The summed E-state index contributed by atoms with van der Waals surface area (Å²) in [6.45, 7) is 1.86. The molecule has 0 spiro atoms. The van der Waals surface area contributed by atoms with Crippen LogP contribution in [0.25, 0.3) is 0 Å². The number of rotatable bonds is 6. The molecule has 1 aromatic rings. The van der Waals surface area contributed by atoms with Gasteiger partial charge in [-0.15, -0.1) is 0 Å². The van der Waals surface area contributed by atoms with Crippen LogP contribution in [0.2, 0.25) is 0 Å².